The van der Waals surface area contributed by atoms with Crippen LogP contribution in [0.25, 0.3) is 0 Å². The van der Waals surface area contributed by atoms with Gasteiger partial charge in [0.2, 0.25) is 0 Å². The topological polar surface area (TPSA) is 37.3 Å². The van der Waals surface area contributed by atoms with Crippen LogP contribution in [-0.2, 0) is 4.79 Å². The van der Waals surface area contributed by atoms with Crippen LogP contribution in [0.2, 0.25) is 0 Å². The summed E-state index contributed by atoms with van der Waals surface area (Å²) >= 11 is 0. The van der Waals surface area contributed by atoms with E-state index >= 15 is 0 Å². The van der Waals surface area contributed by atoms with E-state index < -0.39 is 5.97 Å². The first-order chi connectivity index (χ1) is 5.92. The van der Waals surface area contributed by atoms with E-state index in [2.05, 4.69) is 26.7 Å². The third kappa shape index (κ3) is 10.5. The van der Waals surface area contributed by atoms with Crippen molar-refractivity contribution in [3.8, 4) is 11.8 Å². The van der Waals surface area contributed by atoms with E-state index in [4.69, 9.17) is 5.11 Å². The molecule has 0 aliphatic carbocycles. The maximum absolute atomic E-state index is 9.97. The molecule has 0 amide bonds. The van der Waals surface area contributed by atoms with E-state index in [-0.39, 0.29) is 5.41 Å². The van der Waals surface area contributed by atoms with E-state index in [1.54, 1.807) is 6.08 Å². The number of hydrogen-bond acceptors (Lipinski definition) is 1. The average Bonchev–Trinajstić information content (AvgIpc) is 1.93. The van der Waals surface area contributed by atoms with Crippen molar-refractivity contribution < 1.29 is 9.90 Å². The zero-order valence-corrected chi connectivity index (χ0v) is 8.16. The molecular weight excluding hydrogens is 164 g/mol. The molecule has 2 heteroatoms. The predicted molar refractivity (Wildman–Crippen MR) is 53.1 cm³/mol. The number of allylic oxidation sites excluding steroid dienone is 4. The van der Waals surface area contributed by atoms with Gasteiger partial charge in [-0.15, -0.1) is 0 Å². The quantitative estimate of drug-likeness (QED) is 0.494. The van der Waals surface area contributed by atoms with Gasteiger partial charge in [0.15, 0.2) is 0 Å². The average molecular weight is 178 g/mol. The van der Waals surface area contributed by atoms with Gasteiger partial charge in [0.05, 0.1) is 0 Å². The molecule has 0 radical (unpaired) electrons. The Morgan fingerprint density at radius 1 is 1.31 bits per heavy atom. The first-order valence-electron chi connectivity index (χ1n) is 4.01. The summed E-state index contributed by atoms with van der Waals surface area (Å²) in [6.45, 7) is 6.25. The van der Waals surface area contributed by atoms with Crippen LogP contribution in [0.4, 0.5) is 0 Å². The number of aliphatic carboxylic acids is 1. The second-order valence-corrected chi connectivity index (χ2v) is 3.66. The van der Waals surface area contributed by atoms with Crippen molar-refractivity contribution in [2.45, 2.75) is 20.8 Å². The van der Waals surface area contributed by atoms with Crippen LogP contribution in [-0.4, -0.2) is 11.1 Å². The van der Waals surface area contributed by atoms with Crippen LogP contribution in [0, 0.1) is 17.3 Å². The van der Waals surface area contributed by atoms with E-state index in [0.717, 1.165) is 0 Å². The minimum absolute atomic E-state index is 0.143. The third-order valence-corrected chi connectivity index (χ3v) is 1.07. The van der Waals surface area contributed by atoms with Crippen molar-refractivity contribution in [3.05, 3.63) is 24.3 Å². The SMILES string of the molecule is CC(C)(C)/C=C/C=C\C#CC(=O)O. The van der Waals surface area contributed by atoms with Gasteiger partial charge in [0, 0.05) is 5.92 Å². The monoisotopic (exact) mass is 178 g/mol. The number of carbonyl (C=O) groups is 1. The van der Waals surface area contributed by atoms with Crippen LogP contribution >= 0.6 is 0 Å². The molecule has 0 spiro atoms. The number of hydrogen-bond donors (Lipinski definition) is 1. The Morgan fingerprint density at radius 2 is 1.92 bits per heavy atom. The molecule has 0 bridgehead atoms. The fraction of sp³-hybridized carbons (Fsp3) is 0.364. The molecule has 1 N–H and O–H groups in total. The van der Waals surface area contributed by atoms with Crippen molar-refractivity contribution >= 4 is 5.97 Å². The fourth-order valence-electron chi connectivity index (χ4n) is 0.551. The Hall–Kier alpha value is -1.49. The van der Waals surface area contributed by atoms with Gasteiger partial charge in [-0.25, -0.2) is 4.79 Å². The molecule has 0 aliphatic rings. The second kappa shape index (κ2) is 5.21. The lowest BCUT2D eigenvalue weighted by atomic mass is 9.96. The normalized spacial score (nSPS) is 11.6. The Morgan fingerprint density at radius 3 is 2.38 bits per heavy atom. The summed E-state index contributed by atoms with van der Waals surface area (Å²) in [6, 6.07) is 0. The molecule has 0 aliphatic heterocycles. The second-order valence-electron chi connectivity index (χ2n) is 3.66. The van der Waals surface area contributed by atoms with E-state index in [9.17, 15) is 4.79 Å². The molecule has 0 saturated heterocycles. The number of carboxylic acid groups (broad SMARTS) is 1. The minimum Gasteiger partial charge on any atom is -0.472 e. The zero-order valence-electron chi connectivity index (χ0n) is 8.16. The molecule has 0 unspecified atom stereocenters. The molecule has 0 aromatic carbocycles. The molecular formula is C11H14O2. The fourth-order valence-corrected chi connectivity index (χ4v) is 0.551. The minimum atomic E-state index is -1.11. The van der Waals surface area contributed by atoms with Crippen LogP contribution in [0.5, 0.6) is 0 Å². The van der Waals surface area contributed by atoms with Crippen LogP contribution in [0.15, 0.2) is 24.3 Å². The van der Waals surface area contributed by atoms with Gasteiger partial charge in [0.25, 0.3) is 0 Å². The van der Waals surface area contributed by atoms with Gasteiger partial charge >= 0.3 is 5.97 Å². The molecule has 0 aromatic rings. The maximum Gasteiger partial charge on any atom is 0.382 e. The van der Waals surface area contributed by atoms with Crippen LogP contribution in [0.3, 0.4) is 0 Å². The highest BCUT2D eigenvalue weighted by Crippen LogP contribution is 2.13. The van der Waals surface area contributed by atoms with Gasteiger partial charge in [-0.2, -0.15) is 0 Å². The summed E-state index contributed by atoms with van der Waals surface area (Å²) in [7, 11) is 0. The standard InChI is InChI=1S/C11H14O2/c1-11(2,3)9-7-5-4-6-8-10(12)13/h4-5,7,9H,1-3H3,(H,12,13)/b5-4-,9-7+. The molecule has 2 nitrogen and oxygen atoms in total. The summed E-state index contributed by atoms with van der Waals surface area (Å²) in [6.07, 6.45) is 7.11. The number of rotatable bonds is 1. The highest BCUT2D eigenvalue weighted by Gasteiger charge is 2.01. The lowest BCUT2D eigenvalue weighted by Gasteiger charge is -2.09. The van der Waals surface area contributed by atoms with Gasteiger partial charge in [-0.3, -0.25) is 0 Å². The smallest absolute Gasteiger partial charge is 0.382 e. The summed E-state index contributed by atoms with van der Waals surface area (Å²) < 4.78 is 0. The molecule has 0 rings (SSSR count). The van der Waals surface area contributed by atoms with Crippen molar-refractivity contribution in [2.75, 3.05) is 0 Å². The summed E-state index contributed by atoms with van der Waals surface area (Å²) in [5.41, 5.74) is 0.143. The molecule has 0 heterocycles. The summed E-state index contributed by atoms with van der Waals surface area (Å²) in [5, 5.41) is 8.17. The molecule has 0 saturated carbocycles. The highest BCUT2D eigenvalue weighted by molar-refractivity contribution is 5.86. The molecule has 13 heavy (non-hydrogen) atoms. The lowest BCUT2D eigenvalue weighted by molar-refractivity contribution is -0.130. The first kappa shape index (κ1) is 11.5. The largest absolute Gasteiger partial charge is 0.472 e. The predicted octanol–water partition coefficient (Wildman–Crippen LogP) is 2.23. The Bertz CT molecular complexity index is 279. The highest BCUT2D eigenvalue weighted by atomic mass is 16.4. The summed E-state index contributed by atoms with van der Waals surface area (Å²) in [5.74, 6) is 3.27. The maximum atomic E-state index is 9.97. The Balaban J connectivity index is 3.99. The summed E-state index contributed by atoms with van der Waals surface area (Å²) in [4.78, 5) is 9.97. The van der Waals surface area contributed by atoms with Crippen molar-refractivity contribution in [1.82, 2.24) is 0 Å². The van der Waals surface area contributed by atoms with Gasteiger partial charge in [0.1, 0.15) is 0 Å². The van der Waals surface area contributed by atoms with Crippen LogP contribution in [0.1, 0.15) is 20.8 Å². The van der Waals surface area contributed by atoms with Gasteiger partial charge in [-0.05, 0) is 11.5 Å². The molecule has 0 atom stereocenters. The molecule has 70 valence electrons. The van der Waals surface area contributed by atoms with E-state index in [1.165, 1.54) is 6.08 Å². The Labute approximate surface area is 79.0 Å². The zero-order chi connectivity index (χ0) is 10.3. The van der Waals surface area contributed by atoms with Crippen LogP contribution < -0.4 is 0 Å². The van der Waals surface area contributed by atoms with Crippen molar-refractivity contribution in [1.29, 1.82) is 0 Å². The number of carboxylic acids is 1. The van der Waals surface area contributed by atoms with Gasteiger partial charge < -0.3 is 5.11 Å². The van der Waals surface area contributed by atoms with E-state index in [1.807, 2.05) is 18.1 Å². The Kier molecular flexibility index (Phi) is 4.61. The van der Waals surface area contributed by atoms with Gasteiger partial charge in [-0.1, -0.05) is 44.9 Å². The molecule has 0 aromatic heterocycles. The van der Waals surface area contributed by atoms with E-state index in [0.29, 0.717) is 0 Å². The van der Waals surface area contributed by atoms with Crippen molar-refractivity contribution in [3.63, 3.8) is 0 Å². The molecule has 0 fully saturated rings. The third-order valence-electron chi connectivity index (χ3n) is 1.07. The first-order valence-corrected chi connectivity index (χ1v) is 4.01. The lowest BCUT2D eigenvalue weighted by Crippen LogP contribution is -1.97. The van der Waals surface area contributed by atoms with Crippen molar-refractivity contribution in [2.24, 2.45) is 5.41 Å².